The average Bonchev–Trinajstić information content (AvgIpc) is 3.20. The van der Waals surface area contributed by atoms with E-state index in [2.05, 4.69) is 15.7 Å². The summed E-state index contributed by atoms with van der Waals surface area (Å²) in [4.78, 5) is 12.2. The van der Waals surface area contributed by atoms with Gasteiger partial charge in [0.1, 0.15) is 11.8 Å². The third-order valence-electron chi connectivity index (χ3n) is 3.98. The molecule has 130 valence electrons. The Hall–Kier alpha value is -3.02. The molecule has 3 rings (SSSR count). The Balaban J connectivity index is 1.69. The molecule has 0 fully saturated rings. The van der Waals surface area contributed by atoms with Gasteiger partial charge >= 0.3 is 6.03 Å². The summed E-state index contributed by atoms with van der Waals surface area (Å²) in [5.41, 5.74) is 3.84. The van der Waals surface area contributed by atoms with Crippen molar-refractivity contribution in [2.24, 2.45) is 0 Å². The first-order valence-electron chi connectivity index (χ1n) is 8.20. The van der Waals surface area contributed by atoms with Crippen LogP contribution in [0.3, 0.4) is 0 Å². The number of carbonyl (C=O) groups excluding carboxylic acids is 1. The number of aryl methyl sites for hydroxylation is 3. The minimum atomic E-state index is -0.262. The molecule has 2 aromatic heterocycles. The molecule has 6 heteroatoms. The fourth-order valence-corrected chi connectivity index (χ4v) is 2.75. The van der Waals surface area contributed by atoms with Crippen LogP contribution >= 0.6 is 0 Å². The molecule has 0 saturated carbocycles. The Labute approximate surface area is 146 Å². The van der Waals surface area contributed by atoms with Crippen LogP contribution in [0.1, 0.15) is 28.8 Å². The number of benzene rings is 1. The summed E-state index contributed by atoms with van der Waals surface area (Å²) in [7, 11) is 0. The fourth-order valence-electron chi connectivity index (χ4n) is 2.75. The Bertz CT molecular complexity index is 835. The topological polar surface area (TPSA) is 72.1 Å². The summed E-state index contributed by atoms with van der Waals surface area (Å²) in [5.74, 6) is 0.752. The van der Waals surface area contributed by atoms with E-state index in [1.165, 1.54) is 0 Å². The van der Waals surface area contributed by atoms with E-state index in [1.807, 2.05) is 67.9 Å². The van der Waals surface area contributed by atoms with Crippen molar-refractivity contribution in [3.05, 3.63) is 71.4 Å². The molecule has 1 atom stereocenters. The number of hydrogen-bond donors (Lipinski definition) is 2. The lowest BCUT2D eigenvalue weighted by atomic mass is 10.2. The number of urea groups is 1. The van der Waals surface area contributed by atoms with Gasteiger partial charge in [0, 0.05) is 17.9 Å². The van der Waals surface area contributed by atoms with Gasteiger partial charge in [-0.25, -0.2) is 4.79 Å². The number of furan rings is 1. The predicted octanol–water partition coefficient (Wildman–Crippen LogP) is 3.81. The summed E-state index contributed by atoms with van der Waals surface area (Å²) in [6.45, 7) is 6.31. The van der Waals surface area contributed by atoms with Gasteiger partial charge in [-0.05, 0) is 51.1 Å². The van der Waals surface area contributed by atoms with Crippen LogP contribution in [0.5, 0.6) is 0 Å². The van der Waals surface area contributed by atoms with Crippen molar-refractivity contribution in [3.8, 4) is 0 Å². The quantitative estimate of drug-likeness (QED) is 0.743. The molecule has 0 radical (unpaired) electrons. The number of rotatable bonds is 5. The molecule has 0 aliphatic heterocycles. The van der Waals surface area contributed by atoms with Crippen LogP contribution in [-0.2, 0) is 0 Å². The maximum Gasteiger partial charge on any atom is 0.319 e. The third kappa shape index (κ3) is 4.09. The number of anilines is 1. The first-order valence-corrected chi connectivity index (χ1v) is 8.20. The molecule has 2 N–H and O–H groups in total. The van der Waals surface area contributed by atoms with Gasteiger partial charge in [0.15, 0.2) is 0 Å². The Morgan fingerprint density at radius 2 is 1.96 bits per heavy atom. The molecule has 2 amide bonds. The number of aromatic nitrogens is 2. The molecule has 6 nitrogen and oxygen atoms in total. The van der Waals surface area contributed by atoms with E-state index in [0.717, 1.165) is 28.4 Å². The molecule has 3 aromatic rings. The van der Waals surface area contributed by atoms with Crippen molar-refractivity contribution in [2.75, 3.05) is 11.9 Å². The maximum absolute atomic E-state index is 12.2. The summed E-state index contributed by atoms with van der Waals surface area (Å²) < 4.78 is 7.42. The van der Waals surface area contributed by atoms with E-state index in [4.69, 9.17) is 4.42 Å². The predicted molar refractivity (Wildman–Crippen MR) is 96.7 cm³/mol. The molecule has 0 aliphatic carbocycles. The van der Waals surface area contributed by atoms with Gasteiger partial charge in [-0.1, -0.05) is 17.7 Å². The zero-order valence-corrected chi connectivity index (χ0v) is 14.6. The highest BCUT2D eigenvalue weighted by atomic mass is 16.3. The normalized spacial score (nSPS) is 12.0. The molecule has 0 bridgehead atoms. The molecule has 1 unspecified atom stereocenters. The van der Waals surface area contributed by atoms with Crippen LogP contribution < -0.4 is 10.6 Å². The molecule has 0 spiro atoms. The summed E-state index contributed by atoms with van der Waals surface area (Å²) >= 11 is 0. The van der Waals surface area contributed by atoms with E-state index in [9.17, 15) is 4.79 Å². The van der Waals surface area contributed by atoms with Crippen LogP contribution in [0, 0.1) is 20.8 Å². The highest BCUT2D eigenvalue weighted by Crippen LogP contribution is 2.20. The van der Waals surface area contributed by atoms with Gasteiger partial charge in [-0.15, -0.1) is 0 Å². The lowest BCUT2D eigenvalue weighted by molar-refractivity contribution is 0.249. The lowest BCUT2D eigenvalue weighted by Gasteiger charge is -2.18. The van der Waals surface area contributed by atoms with Crippen molar-refractivity contribution >= 4 is 11.7 Å². The molecule has 1 aromatic carbocycles. The summed E-state index contributed by atoms with van der Waals surface area (Å²) in [6, 6.07) is 12.9. The van der Waals surface area contributed by atoms with Gasteiger partial charge in [-0.2, -0.15) is 5.10 Å². The van der Waals surface area contributed by atoms with Crippen LogP contribution in [0.4, 0.5) is 10.5 Å². The smallest absolute Gasteiger partial charge is 0.319 e. The number of hydrogen-bond acceptors (Lipinski definition) is 3. The fraction of sp³-hybridized carbons (Fsp3) is 0.263. The summed E-state index contributed by atoms with van der Waals surface area (Å²) in [6.07, 6.45) is 1.63. The molecular formula is C19H22N4O2. The zero-order valence-electron chi connectivity index (χ0n) is 14.6. The molecular weight excluding hydrogens is 316 g/mol. The van der Waals surface area contributed by atoms with Crippen molar-refractivity contribution in [2.45, 2.75) is 26.8 Å². The molecule has 2 heterocycles. The first-order chi connectivity index (χ1) is 12.0. The van der Waals surface area contributed by atoms with E-state index < -0.39 is 0 Å². The average molecular weight is 338 g/mol. The van der Waals surface area contributed by atoms with Crippen LogP contribution in [0.25, 0.3) is 0 Å². The minimum absolute atomic E-state index is 0.201. The largest absolute Gasteiger partial charge is 0.467 e. The van der Waals surface area contributed by atoms with Crippen LogP contribution in [0.2, 0.25) is 0 Å². The second-order valence-corrected chi connectivity index (χ2v) is 6.10. The van der Waals surface area contributed by atoms with Crippen molar-refractivity contribution < 1.29 is 9.21 Å². The number of nitrogens with one attached hydrogen (secondary N) is 2. The highest BCUT2D eigenvalue weighted by molar-refractivity contribution is 5.89. The number of carbonyl (C=O) groups is 1. The van der Waals surface area contributed by atoms with Crippen LogP contribution in [0.15, 0.2) is 53.1 Å². The van der Waals surface area contributed by atoms with Gasteiger partial charge in [0.2, 0.25) is 0 Å². The second kappa shape index (κ2) is 7.25. The van der Waals surface area contributed by atoms with E-state index in [-0.39, 0.29) is 12.1 Å². The molecule has 0 saturated heterocycles. The number of nitrogens with zero attached hydrogens (tertiary/aromatic N) is 2. The van der Waals surface area contributed by atoms with Crippen molar-refractivity contribution in [1.82, 2.24) is 15.1 Å². The third-order valence-corrected chi connectivity index (χ3v) is 3.98. The Kier molecular flexibility index (Phi) is 4.88. The number of amides is 2. The maximum atomic E-state index is 12.2. The SMILES string of the molecule is Cc1ccc(NC(=O)NCC(c2ccco2)n2nc(C)cc2C)cc1. The van der Waals surface area contributed by atoms with E-state index in [1.54, 1.807) is 6.26 Å². The summed E-state index contributed by atoms with van der Waals surface area (Å²) in [5, 5.41) is 10.3. The lowest BCUT2D eigenvalue weighted by Crippen LogP contribution is -2.35. The van der Waals surface area contributed by atoms with Gasteiger partial charge in [0.25, 0.3) is 0 Å². The monoisotopic (exact) mass is 338 g/mol. The van der Waals surface area contributed by atoms with E-state index in [0.29, 0.717) is 6.54 Å². The van der Waals surface area contributed by atoms with Gasteiger partial charge < -0.3 is 15.1 Å². The Morgan fingerprint density at radius 3 is 2.56 bits per heavy atom. The van der Waals surface area contributed by atoms with Crippen LogP contribution in [-0.4, -0.2) is 22.4 Å². The van der Waals surface area contributed by atoms with Gasteiger partial charge in [-0.3, -0.25) is 4.68 Å². The van der Waals surface area contributed by atoms with Crippen molar-refractivity contribution in [1.29, 1.82) is 0 Å². The van der Waals surface area contributed by atoms with Crippen molar-refractivity contribution in [3.63, 3.8) is 0 Å². The first kappa shape index (κ1) is 16.8. The minimum Gasteiger partial charge on any atom is -0.467 e. The standard InChI is InChI=1S/C19H22N4O2/c1-13-6-8-16(9-7-13)21-19(24)20-12-17(18-5-4-10-25-18)23-15(3)11-14(2)22-23/h4-11,17H,12H2,1-3H3,(H2,20,21,24). The molecule has 0 aliphatic rings. The van der Waals surface area contributed by atoms with Gasteiger partial charge in [0.05, 0.1) is 12.0 Å². The zero-order chi connectivity index (χ0) is 17.8. The highest BCUT2D eigenvalue weighted by Gasteiger charge is 2.20. The second-order valence-electron chi connectivity index (χ2n) is 6.10. The van der Waals surface area contributed by atoms with E-state index >= 15 is 0 Å². The molecule has 25 heavy (non-hydrogen) atoms. The Morgan fingerprint density at radius 1 is 1.20 bits per heavy atom.